The standard InChI is InChI=1S/C14H16ClN3OS2/c1-17-4-6-18(7-5-17)13(19)9-20-14-16-11-8-10(15)2-3-12(11)21-14/h2-3,8H,4-7,9H2,1H3. The first-order chi connectivity index (χ1) is 10.1. The van der Waals surface area contributed by atoms with E-state index in [0.717, 1.165) is 40.7 Å². The first-order valence-electron chi connectivity index (χ1n) is 6.77. The van der Waals surface area contributed by atoms with E-state index in [-0.39, 0.29) is 5.91 Å². The Labute approximate surface area is 137 Å². The molecule has 4 nitrogen and oxygen atoms in total. The van der Waals surface area contributed by atoms with Crippen LogP contribution < -0.4 is 0 Å². The Hall–Kier alpha value is -0.820. The highest BCUT2D eigenvalue weighted by atomic mass is 35.5. The minimum atomic E-state index is 0.199. The molecule has 1 fully saturated rings. The van der Waals surface area contributed by atoms with Gasteiger partial charge in [-0.2, -0.15) is 0 Å². The van der Waals surface area contributed by atoms with Crippen LogP contribution in [0.1, 0.15) is 0 Å². The first kappa shape index (κ1) is 15.1. The summed E-state index contributed by atoms with van der Waals surface area (Å²) in [6, 6.07) is 5.70. The minimum Gasteiger partial charge on any atom is -0.339 e. The molecule has 0 radical (unpaired) electrons. The van der Waals surface area contributed by atoms with Gasteiger partial charge < -0.3 is 9.80 Å². The van der Waals surface area contributed by atoms with Crippen LogP contribution in [0.15, 0.2) is 22.5 Å². The molecule has 3 rings (SSSR count). The molecule has 0 aliphatic carbocycles. The summed E-state index contributed by atoms with van der Waals surface area (Å²) in [5.41, 5.74) is 0.905. The van der Waals surface area contributed by atoms with Crippen molar-refractivity contribution in [1.29, 1.82) is 0 Å². The maximum atomic E-state index is 12.2. The molecular weight excluding hydrogens is 326 g/mol. The van der Waals surface area contributed by atoms with E-state index in [1.165, 1.54) is 11.8 Å². The van der Waals surface area contributed by atoms with Crippen molar-refractivity contribution in [3.8, 4) is 0 Å². The van der Waals surface area contributed by atoms with Crippen molar-refractivity contribution < 1.29 is 4.79 Å². The van der Waals surface area contributed by atoms with Crippen LogP contribution >= 0.6 is 34.7 Å². The molecule has 1 saturated heterocycles. The number of carbonyl (C=O) groups excluding carboxylic acids is 1. The lowest BCUT2D eigenvalue weighted by Gasteiger charge is -2.32. The third-order valence-electron chi connectivity index (χ3n) is 3.51. The molecule has 0 saturated carbocycles. The van der Waals surface area contributed by atoms with Crippen LogP contribution in [-0.2, 0) is 4.79 Å². The number of halogens is 1. The number of benzene rings is 1. The molecule has 1 aromatic carbocycles. The van der Waals surface area contributed by atoms with Crippen LogP contribution in [0.3, 0.4) is 0 Å². The fraction of sp³-hybridized carbons (Fsp3) is 0.429. The van der Waals surface area contributed by atoms with Gasteiger partial charge in [0.2, 0.25) is 5.91 Å². The average molecular weight is 342 g/mol. The Bertz CT molecular complexity index is 653. The number of aromatic nitrogens is 1. The molecule has 112 valence electrons. The van der Waals surface area contributed by atoms with E-state index in [1.54, 1.807) is 11.3 Å². The topological polar surface area (TPSA) is 36.4 Å². The smallest absolute Gasteiger partial charge is 0.233 e. The molecule has 0 atom stereocenters. The third-order valence-corrected chi connectivity index (χ3v) is 5.90. The summed E-state index contributed by atoms with van der Waals surface area (Å²) in [6.45, 7) is 3.56. The van der Waals surface area contributed by atoms with Crippen LogP contribution in [0.5, 0.6) is 0 Å². The number of carbonyl (C=O) groups is 1. The number of fused-ring (bicyclic) bond motifs is 1. The normalized spacial score (nSPS) is 16.6. The molecule has 1 amide bonds. The highest BCUT2D eigenvalue weighted by molar-refractivity contribution is 8.01. The Kier molecular flexibility index (Phi) is 4.69. The van der Waals surface area contributed by atoms with Crippen molar-refractivity contribution in [3.05, 3.63) is 23.2 Å². The van der Waals surface area contributed by atoms with Gasteiger partial charge in [0.05, 0.1) is 16.0 Å². The van der Waals surface area contributed by atoms with Crippen molar-refractivity contribution >= 4 is 50.8 Å². The van der Waals surface area contributed by atoms with Gasteiger partial charge in [-0.3, -0.25) is 4.79 Å². The number of likely N-dealkylation sites (N-methyl/N-ethyl adjacent to an activating group) is 1. The van der Waals surface area contributed by atoms with Gasteiger partial charge in [0, 0.05) is 31.2 Å². The van der Waals surface area contributed by atoms with Crippen LogP contribution in [-0.4, -0.2) is 59.7 Å². The summed E-state index contributed by atoms with van der Waals surface area (Å²) in [7, 11) is 2.09. The molecule has 0 spiro atoms. The van der Waals surface area contributed by atoms with E-state index < -0.39 is 0 Å². The van der Waals surface area contributed by atoms with E-state index in [1.807, 2.05) is 23.1 Å². The summed E-state index contributed by atoms with van der Waals surface area (Å²) in [6.07, 6.45) is 0. The molecule has 0 bridgehead atoms. The molecule has 0 unspecified atom stereocenters. The summed E-state index contributed by atoms with van der Waals surface area (Å²) >= 11 is 9.09. The number of nitrogens with zero attached hydrogens (tertiary/aromatic N) is 3. The summed E-state index contributed by atoms with van der Waals surface area (Å²) in [5.74, 6) is 0.655. The number of rotatable bonds is 3. The zero-order chi connectivity index (χ0) is 14.8. The van der Waals surface area contributed by atoms with E-state index in [9.17, 15) is 4.79 Å². The van der Waals surface area contributed by atoms with Crippen LogP contribution in [0.25, 0.3) is 10.2 Å². The Morgan fingerprint density at radius 2 is 2.14 bits per heavy atom. The SMILES string of the molecule is CN1CCN(C(=O)CSc2nc3cc(Cl)ccc3s2)CC1. The van der Waals surface area contributed by atoms with E-state index in [4.69, 9.17) is 11.6 Å². The minimum absolute atomic E-state index is 0.199. The van der Waals surface area contributed by atoms with Gasteiger partial charge >= 0.3 is 0 Å². The Morgan fingerprint density at radius 3 is 2.90 bits per heavy atom. The number of hydrogen-bond acceptors (Lipinski definition) is 5. The van der Waals surface area contributed by atoms with Gasteiger partial charge in [-0.25, -0.2) is 4.98 Å². The number of thiazole rings is 1. The fourth-order valence-corrected chi connectivity index (χ4v) is 4.33. The van der Waals surface area contributed by atoms with Crippen molar-refractivity contribution in [2.24, 2.45) is 0 Å². The summed E-state index contributed by atoms with van der Waals surface area (Å²) < 4.78 is 2.03. The lowest BCUT2D eigenvalue weighted by atomic mass is 10.3. The van der Waals surface area contributed by atoms with Gasteiger partial charge in [0.25, 0.3) is 0 Å². The van der Waals surface area contributed by atoms with E-state index in [0.29, 0.717) is 10.8 Å². The van der Waals surface area contributed by atoms with Gasteiger partial charge in [0.1, 0.15) is 0 Å². The molecule has 0 N–H and O–H groups in total. The summed E-state index contributed by atoms with van der Waals surface area (Å²) in [5, 5.41) is 0.692. The van der Waals surface area contributed by atoms with Gasteiger partial charge in [-0.15, -0.1) is 11.3 Å². The molecule has 1 aromatic heterocycles. The quantitative estimate of drug-likeness (QED) is 0.804. The highest BCUT2D eigenvalue weighted by Crippen LogP contribution is 2.31. The molecule has 2 heterocycles. The fourth-order valence-electron chi connectivity index (χ4n) is 2.21. The molecule has 7 heteroatoms. The molecule has 21 heavy (non-hydrogen) atoms. The van der Waals surface area contributed by atoms with Crippen LogP contribution in [0.4, 0.5) is 0 Å². The lowest BCUT2D eigenvalue weighted by molar-refractivity contribution is -0.129. The Balaban J connectivity index is 1.59. The second-order valence-corrected chi connectivity index (χ2v) is 7.75. The monoisotopic (exact) mass is 341 g/mol. The maximum absolute atomic E-state index is 12.2. The van der Waals surface area contributed by atoms with Crippen molar-refractivity contribution in [2.75, 3.05) is 39.0 Å². The van der Waals surface area contributed by atoms with Crippen molar-refractivity contribution in [2.45, 2.75) is 4.34 Å². The first-order valence-corrected chi connectivity index (χ1v) is 8.95. The molecule has 1 aliphatic heterocycles. The molecule has 1 aliphatic rings. The van der Waals surface area contributed by atoms with Crippen molar-refractivity contribution in [3.63, 3.8) is 0 Å². The predicted molar refractivity (Wildman–Crippen MR) is 89.4 cm³/mol. The van der Waals surface area contributed by atoms with E-state index in [2.05, 4.69) is 16.9 Å². The van der Waals surface area contributed by atoms with Gasteiger partial charge in [-0.1, -0.05) is 23.4 Å². The number of hydrogen-bond donors (Lipinski definition) is 0. The highest BCUT2D eigenvalue weighted by Gasteiger charge is 2.19. The third kappa shape index (κ3) is 3.69. The zero-order valence-electron chi connectivity index (χ0n) is 11.7. The number of amides is 1. The lowest BCUT2D eigenvalue weighted by Crippen LogP contribution is -2.47. The van der Waals surface area contributed by atoms with Gasteiger partial charge in [0.15, 0.2) is 4.34 Å². The molecular formula is C14H16ClN3OS2. The van der Waals surface area contributed by atoms with Crippen LogP contribution in [0.2, 0.25) is 5.02 Å². The average Bonchev–Trinajstić information content (AvgIpc) is 2.87. The second kappa shape index (κ2) is 6.52. The van der Waals surface area contributed by atoms with Crippen molar-refractivity contribution in [1.82, 2.24) is 14.8 Å². The molecule has 2 aromatic rings. The van der Waals surface area contributed by atoms with E-state index >= 15 is 0 Å². The maximum Gasteiger partial charge on any atom is 0.233 e. The predicted octanol–water partition coefficient (Wildman–Crippen LogP) is 2.82. The van der Waals surface area contributed by atoms with Crippen LogP contribution in [0, 0.1) is 0 Å². The summed E-state index contributed by atoms with van der Waals surface area (Å²) in [4.78, 5) is 20.9. The van der Waals surface area contributed by atoms with Gasteiger partial charge in [-0.05, 0) is 25.2 Å². The number of piperazine rings is 1. The second-order valence-electron chi connectivity index (χ2n) is 5.06. The number of thioether (sulfide) groups is 1. The largest absolute Gasteiger partial charge is 0.339 e. The Morgan fingerprint density at radius 1 is 1.38 bits per heavy atom. The zero-order valence-corrected chi connectivity index (χ0v) is 14.1.